The molecule has 0 saturated heterocycles. The van der Waals surface area contributed by atoms with Crippen LogP contribution in [0.3, 0.4) is 0 Å². The van der Waals surface area contributed by atoms with Crippen LogP contribution in [-0.4, -0.2) is 18.3 Å². The van der Waals surface area contributed by atoms with Crippen molar-refractivity contribution >= 4 is 34.0 Å². The van der Waals surface area contributed by atoms with Crippen LogP contribution in [0, 0.1) is 8.99 Å². The molecule has 0 aliphatic heterocycles. The minimum atomic E-state index is 0.282. The first-order valence-electron chi connectivity index (χ1n) is 5.55. The molecule has 88 valence electrons. The van der Waals surface area contributed by atoms with E-state index < -0.39 is 0 Å². The molecular formula is C12H17IN2O. The highest BCUT2D eigenvalue weighted by Gasteiger charge is 2.41. The summed E-state index contributed by atoms with van der Waals surface area (Å²) in [7, 11) is 0. The number of nitrogens with one attached hydrogen (secondary N) is 1. The van der Waals surface area contributed by atoms with E-state index in [1.54, 1.807) is 0 Å². The first-order chi connectivity index (χ1) is 7.65. The number of halogens is 1. The van der Waals surface area contributed by atoms with Gasteiger partial charge in [-0.25, -0.2) is 0 Å². The monoisotopic (exact) mass is 332 g/mol. The maximum atomic E-state index is 8.98. The van der Waals surface area contributed by atoms with Crippen molar-refractivity contribution in [3.05, 3.63) is 21.8 Å². The van der Waals surface area contributed by atoms with Crippen molar-refractivity contribution in [2.24, 2.45) is 5.41 Å². The van der Waals surface area contributed by atoms with Gasteiger partial charge in [-0.1, -0.05) is 0 Å². The number of rotatable bonds is 5. The summed E-state index contributed by atoms with van der Waals surface area (Å²) in [6.07, 6.45) is 3.32. The molecule has 1 aliphatic rings. The van der Waals surface area contributed by atoms with Gasteiger partial charge in [0.25, 0.3) is 0 Å². The van der Waals surface area contributed by atoms with Crippen LogP contribution < -0.4 is 11.1 Å². The molecule has 0 spiro atoms. The van der Waals surface area contributed by atoms with Crippen molar-refractivity contribution in [3.8, 4) is 0 Å². The molecule has 0 amide bonds. The van der Waals surface area contributed by atoms with Crippen LogP contribution in [0.25, 0.3) is 0 Å². The fourth-order valence-corrected chi connectivity index (χ4v) is 2.42. The molecule has 3 nitrogen and oxygen atoms in total. The van der Waals surface area contributed by atoms with Crippen LogP contribution in [0.5, 0.6) is 0 Å². The van der Waals surface area contributed by atoms with Crippen molar-refractivity contribution in [2.75, 3.05) is 24.2 Å². The highest BCUT2D eigenvalue weighted by molar-refractivity contribution is 14.1. The summed E-state index contributed by atoms with van der Waals surface area (Å²) >= 11 is 2.25. The van der Waals surface area contributed by atoms with E-state index in [4.69, 9.17) is 10.8 Å². The van der Waals surface area contributed by atoms with E-state index in [0.29, 0.717) is 5.41 Å². The molecule has 0 bridgehead atoms. The molecule has 4 heteroatoms. The van der Waals surface area contributed by atoms with Crippen LogP contribution in [0.2, 0.25) is 0 Å². The number of hydrogen-bond acceptors (Lipinski definition) is 3. The van der Waals surface area contributed by atoms with Crippen molar-refractivity contribution in [1.82, 2.24) is 0 Å². The van der Waals surface area contributed by atoms with E-state index in [1.807, 2.05) is 18.2 Å². The molecule has 16 heavy (non-hydrogen) atoms. The molecule has 2 rings (SSSR count). The van der Waals surface area contributed by atoms with E-state index in [1.165, 1.54) is 12.8 Å². The zero-order valence-electron chi connectivity index (χ0n) is 9.17. The Morgan fingerprint density at radius 1 is 1.44 bits per heavy atom. The van der Waals surface area contributed by atoms with Crippen molar-refractivity contribution in [3.63, 3.8) is 0 Å². The smallest absolute Gasteiger partial charge is 0.0574 e. The van der Waals surface area contributed by atoms with E-state index >= 15 is 0 Å². The molecule has 1 saturated carbocycles. The van der Waals surface area contributed by atoms with Crippen molar-refractivity contribution in [2.45, 2.75) is 19.3 Å². The Hall–Kier alpha value is -0.490. The Bertz CT molecular complexity index is 377. The Balaban J connectivity index is 1.94. The fraction of sp³-hybridized carbons (Fsp3) is 0.500. The third kappa shape index (κ3) is 2.79. The number of nitrogens with two attached hydrogens (primary N) is 1. The summed E-state index contributed by atoms with van der Waals surface area (Å²) in [5, 5.41) is 12.4. The maximum Gasteiger partial charge on any atom is 0.0574 e. The largest absolute Gasteiger partial charge is 0.397 e. The lowest BCUT2D eigenvalue weighted by molar-refractivity contribution is 0.253. The standard InChI is InChI=1S/C12H17IN2O/c13-9-1-2-11(10(14)7-9)15-8-12(3-4-12)5-6-16/h1-2,7,15-16H,3-6,8,14H2. The predicted octanol–water partition coefficient (Wildman–Crippen LogP) is 2.45. The number of aliphatic hydroxyl groups excluding tert-OH is 1. The van der Waals surface area contributed by atoms with Crippen molar-refractivity contribution in [1.29, 1.82) is 0 Å². The van der Waals surface area contributed by atoms with Gasteiger partial charge in [0.1, 0.15) is 0 Å². The maximum absolute atomic E-state index is 8.98. The molecule has 4 N–H and O–H groups in total. The second kappa shape index (κ2) is 4.79. The van der Waals surface area contributed by atoms with Gasteiger partial charge in [-0.15, -0.1) is 0 Å². The molecule has 1 aromatic carbocycles. The second-order valence-corrected chi connectivity index (χ2v) is 5.80. The molecule has 0 atom stereocenters. The third-order valence-corrected chi connectivity index (χ3v) is 3.94. The average Bonchev–Trinajstić information content (AvgIpc) is 2.98. The van der Waals surface area contributed by atoms with Crippen LogP contribution in [-0.2, 0) is 0 Å². The Labute approximate surface area is 110 Å². The number of nitrogen functional groups attached to an aromatic ring is 1. The first kappa shape index (κ1) is 12.0. The number of benzene rings is 1. The second-order valence-electron chi connectivity index (χ2n) is 4.56. The van der Waals surface area contributed by atoms with E-state index in [2.05, 4.69) is 27.9 Å². The predicted molar refractivity (Wildman–Crippen MR) is 75.4 cm³/mol. The average molecular weight is 332 g/mol. The number of anilines is 2. The zero-order chi connectivity index (χ0) is 11.6. The van der Waals surface area contributed by atoms with Gasteiger partial charge in [0.05, 0.1) is 11.4 Å². The molecule has 0 aromatic heterocycles. The van der Waals surface area contributed by atoms with Crippen LogP contribution in [0.15, 0.2) is 18.2 Å². The van der Waals surface area contributed by atoms with Gasteiger partial charge in [0.15, 0.2) is 0 Å². The van der Waals surface area contributed by atoms with Gasteiger partial charge in [-0.2, -0.15) is 0 Å². The van der Waals surface area contributed by atoms with Gasteiger partial charge in [0.2, 0.25) is 0 Å². The Morgan fingerprint density at radius 2 is 2.19 bits per heavy atom. The van der Waals surface area contributed by atoms with Crippen molar-refractivity contribution < 1.29 is 5.11 Å². The molecule has 1 aromatic rings. The summed E-state index contributed by atoms with van der Waals surface area (Å²) in [4.78, 5) is 0. The third-order valence-electron chi connectivity index (χ3n) is 3.27. The summed E-state index contributed by atoms with van der Waals surface area (Å²) in [6, 6.07) is 6.03. The van der Waals surface area contributed by atoms with Gasteiger partial charge in [-0.3, -0.25) is 0 Å². The van der Waals surface area contributed by atoms with Gasteiger partial charge < -0.3 is 16.2 Å². The van der Waals surface area contributed by atoms with Gasteiger partial charge >= 0.3 is 0 Å². The zero-order valence-corrected chi connectivity index (χ0v) is 11.3. The lowest BCUT2D eigenvalue weighted by Gasteiger charge is -2.16. The Morgan fingerprint density at radius 3 is 2.75 bits per heavy atom. The molecule has 0 heterocycles. The quantitative estimate of drug-likeness (QED) is 0.573. The highest BCUT2D eigenvalue weighted by Crippen LogP contribution is 2.48. The lowest BCUT2D eigenvalue weighted by Crippen LogP contribution is -2.17. The lowest BCUT2D eigenvalue weighted by atomic mass is 10.0. The minimum absolute atomic E-state index is 0.282. The Kier molecular flexibility index (Phi) is 3.59. The summed E-state index contributed by atoms with van der Waals surface area (Å²) in [5.41, 5.74) is 8.05. The normalized spacial score (nSPS) is 17.1. The first-order valence-corrected chi connectivity index (χ1v) is 6.63. The molecule has 0 radical (unpaired) electrons. The summed E-state index contributed by atoms with van der Waals surface area (Å²) in [6.45, 7) is 1.20. The van der Waals surface area contributed by atoms with Gasteiger partial charge in [0, 0.05) is 16.7 Å². The fourth-order valence-electron chi connectivity index (χ4n) is 1.91. The molecule has 1 fully saturated rings. The molecule has 0 unspecified atom stereocenters. The van der Waals surface area contributed by atoms with Crippen LogP contribution >= 0.6 is 22.6 Å². The molecule has 1 aliphatic carbocycles. The van der Waals surface area contributed by atoms with Crippen LogP contribution in [0.4, 0.5) is 11.4 Å². The number of hydrogen-bond donors (Lipinski definition) is 3. The minimum Gasteiger partial charge on any atom is -0.397 e. The summed E-state index contributed by atoms with van der Waals surface area (Å²) in [5.74, 6) is 0. The highest BCUT2D eigenvalue weighted by atomic mass is 127. The summed E-state index contributed by atoms with van der Waals surface area (Å²) < 4.78 is 1.15. The topological polar surface area (TPSA) is 58.3 Å². The molecular weight excluding hydrogens is 315 g/mol. The van der Waals surface area contributed by atoms with E-state index in [0.717, 1.165) is 27.9 Å². The van der Waals surface area contributed by atoms with Crippen LogP contribution in [0.1, 0.15) is 19.3 Å². The van der Waals surface area contributed by atoms with E-state index in [9.17, 15) is 0 Å². The van der Waals surface area contributed by atoms with Gasteiger partial charge in [-0.05, 0) is 65.5 Å². The van der Waals surface area contributed by atoms with E-state index in [-0.39, 0.29) is 6.61 Å². The SMILES string of the molecule is Nc1cc(I)ccc1NCC1(CCO)CC1. The number of aliphatic hydroxyl groups is 1.